The third-order valence-electron chi connectivity index (χ3n) is 4.38. The second-order valence-electron chi connectivity index (χ2n) is 6.27. The number of carbonyl (C=O) groups is 1. The number of rotatable bonds is 8. The number of hydrogen-bond donors (Lipinski definition) is 0. The van der Waals surface area contributed by atoms with Gasteiger partial charge in [-0.3, -0.25) is 9.36 Å². The van der Waals surface area contributed by atoms with Gasteiger partial charge in [-0.2, -0.15) is 0 Å². The minimum absolute atomic E-state index is 0.0266. The van der Waals surface area contributed by atoms with Crippen LogP contribution in [0.25, 0.3) is 11.6 Å². The fraction of sp³-hybridized carbons (Fsp3) is 0.136. The summed E-state index contributed by atoms with van der Waals surface area (Å²) in [5.74, 6) is 2.04. The standard InChI is InChI=1S/C22H19N3O3S/c1-27-19-11-6-5-10-17(19)18(26)15-29-22-24-23-21(20-12-7-13-28-20)25(22)14-16-8-3-2-4-9-16/h2-13H,14-15H2,1H3. The van der Waals surface area contributed by atoms with Crippen molar-refractivity contribution >= 4 is 17.5 Å². The van der Waals surface area contributed by atoms with Crippen LogP contribution in [0.1, 0.15) is 15.9 Å². The van der Waals surface area contributed by atoms with Crippen LogP contribution < -0.4 is 4.74 Å². The monoisotopic (exact) mass is 405 g/mol. The number of para-hydroxylation sites is 1. The Morgan fingerprint density at radius 1 is 1.03 bits per heavy atom. The van der Waals surface area contributed by atoms with Crippen molar-refractivity contribution in [2.45, 2.75) is 11.7 Å². The van der Waals surface area contributed by atoms with Gasteiger partial charge in [-0.1, -0.05) is 54.2 Å². The maximum Gasteiger partial charge on any atom is 0.200 e. The molecule has 4 rings (SSSR count). The van der Waals surface area contributed by atoms with Crippen LogP contribution in [-0.4, -0.2) is 33.4 Å². The minimum atomic E-state index is -0.0266. The lowest BCUT2D eigenvalue weighted by Crippen LogP contribution is -2.08. The summed E-state index contributed by atoms with van der Waals surface area (Å²) >= 11 is 1.35. The van der Waals surface area contributed by atoms with Crippen LogP contribution in [0.2, 0.25) is 0 Å². The van der Waals surface area contributed by atoms with E-state index in [-0.39, 0.29) is 11.5 Å². The Bertz CT molecular complexity index is 1090. The van der Waals surface area contributed by atoms with Crippen LogP contribution in [-0.2, 0) is 6.54 Å². The lowest BCUT2D eigenvalue weighted by molar-refractivity contribution is 0.101. The second-order valence-corrected chi connectivity index (χ2v) is 7.21. The molecule has 0 saturated carbocycles. The molecular weight excluding hydrogens is 386 g/mol. The number of thioether (sulfide) groups is 1. The van der Waals surface area contributed by atoms with Crippen LogP contribution in [0.3, 0.4) is 0 Å². The summed E-state index contributed by atoms with van der Waals surface area (Å²) in [7, 11) is 1.56. The molecule has 4 aromatic rings. The molecule has 0 aliphatic rings. The predicted octanol–water partition coefficient (Wildman–Crippen LogP) is 4.57. The van der Waals surface area contributed by atoms with Gasteiger partial charge in [0.25, 0.3) is 0 Å². The molecule has 0 radical (unpaired) electrons. The largest absolute Gasteiger partial charge is 0.496 e. The number of methoxy groups -OCH3 is 1. The smallest absolute Gasteiger partial charge is 0.200 e. The molecule has 0 N–H and O–H groups in total. The molecule has 0 unspecified atom stereocenters. The van der Waals surface area contributed by atoms with Crippen molar-refractivity contribution in [3.63, 3.8) is 0 Å². The van der Waals surface area contributed by atoms with E-state index in [0.717, 1.165) is 5.56 Å². The van der Waals surface area contributed by atoms with Crippen molar-refractivity contribution in [2.24, 2.45) is 0 Å². The number of ether oxygens (including phenoxy) is 1. The SMILES string of the molecule is COc1ccccc1C(=O)CSc1nnc(-c2ccco2)n1Cc1ccccc1. The van der Waals surface area contributed by atoms with Gasteiger partial charge < -0.3 is 9.15 Å². The first-order valence-electron chi connectivity index (χ1n) is 9.06. The van der Waals surface area contributed by atoms with Gasteiger partial charge in [0.1, 0.15) is 5.75 Å². The predicted molar refractivity (Wildman–Crippen MR) is 111 cm³/mol. The van der Waals surface area contributed by atoms with E-state index in [1.165, 1.54) is 11.8 Å². The highest BCUT2D eigenvalue weighted by Crippen LogP contribution is 2.27. The van der Waals surface area contributed by atoms with Crippen molar-refractivity contribution in [3.8, 4) is 17.3 Å². The molecule has 7 heteroatoms. The van der Waals surface area contributed by atoms with Crippen LogP contribution in [0.4, 0.5) is 0 Å². The molecule has 0 aliphatic carbocycles. The zero-order chi connectivity index (χ0) is 20.1. The van der Waals surface area contributed by atoms with E-state index in [1.807, 2.05) is 59.2 Å². The summed E-state index contributed by atoms with van der Waals surface area (Å²) in [6.45, 7) is 0.578. The molecule has 2 aromatic carbocycles. The number of ketones is 1. The zero-order valence-corrected chi connectivity index (χ0v) is 16.6. The van der Waals surface area contributed by atoms with Gasteiger partial charge in [0.05, 0.1) is 31.2 Å². The summed E-state index contributed by atoms with van der Waals surface area (Å²) in [5, 5.41) is 9.27. The number of Topliss-reactive ketones (excluding diaryl/α,β-unsaturated/α-hetero) is 1. The van der Waals surface area contributed by atoms with Crippen molar-refractivity contribution in [1.82, 2.24) is 14.8 Å². The van der Waals surface area contributed by atoms with E-state index in [2.05, 4.69) is 10.2 Å². The van der Waals surface area contributed by atoms with E-state index < -0.39 is 0 Å². The molecular formula is C22H19N3O3S. The summed E-state index contributed by atoms with van der Waals surface area (Å²) in [6, 6.07) is 20.9. The Labute approximate surface area is 172 Å². The van der Waals surface area contributed by atoms with Crippen molar-refractivity contribution < 1.29 is 13.9 Å². The Balaban J connectivity index is 1.59. The molecule has 29 heavy (non-hydrogen) atoms. The average molecular weight is 405 g/mol. The van der Waals surface area contributed by atoms with Crippen LogP contribution in [0.15, 0.2) is 82.6 Å². The van der Waals surface area contributed by atoms with Crippen molar-refractivity contribution in [1.29, 1.82) is 0 Å². The fourth-order valence-corrected chi connectivity index (χ4v) is 3.80. The molecule has 0 bridgehead atoms. The first-order chi connectivity index (χ1) is 14.3. The Morgan fingerprint density at radius 2 is 1.83 bits per heavy atom. The van der Waals surface area contributed by atoms with Gasteiger partial charge in [-0.05, 0) is 29.8 Å². The van der Waals surface area contributed by atoms with E-state index in [4.69, 9.17) is 9.15 Å². The number of benzene rings is 2. The maximum atomic E-state index is 12.7. The summed E-state index contributed by atoms with van der Waals surface area (Å²) in [6.07, 6.45) is 1.61. The number of furan rings is 1. The fourth-order valence-electron chi connectivity index (χ4n) is 2.97. The second kappa shape index (κ2) is 8.79. The van der Waals surface area contributed by atoms with E-state index >= 15 is 0 Å². The molecule has 2 heterocycles. The van der Waals surface area contributed by atoms with Crippen molar-refractivity contribution in [2.75, 3.05) is 12.9 Å². The highest BCUT2D eigenvalue weighted by Gasteiger charge is 2.19. The summed E-state index contributed by atoms with van der Waals surface area (Å²) < 4.78 is 12.8. The van der Waals surface area contributed by atoms with E-state index in [1.54, 1.807) is 25.5 Å². The molecule has 0 amide bonds. The van der Waals surface area contributed by atoms with Gasteiger partial charge in [-0.25, -0.2) is 0 Å². The third kappa shape index (κ3) is 4.25. The lowest BCUT2D eigenvalue weighted by Gasteiger charge is -2.10. The van der Waals surface area contributed by atoms with Gasteiger partial charge in [-0.15, -0.1) is 10.2 Å². The first kappa shape index (κ1) is 19.0. The quantitative estimate of drug-likeness (QED) is 0.316. The van der Waals surface area contributed by atoms with Crippen LogP contribution in [0, 0.1) is 0 Å². The zero-order valence-electron chi connectivity index (χ0n) is 15.8. The first-order valence-corrected chi connectivity index (χ1v) is 10.0. The minimum Gasteiger partial charge on any atom is -0.496 e. The number of aromatic nitrogens is 3. The number of carbonyl (C=O) groups excluding carboxylic acids is 1. The molecule has 0 atom stereocenters. The van der Waals surface area contributed by atoms with Gasteiger partial charge in [0.15, 0.2) is 16.7 Å². The summed E-state index contributed by atoms with van der Waals surface area (Å²) in [4.78, 5) is 12.7. The van der Waals surface area contributed by atoms with Gasteiger partial charge in [0.2, 0.25) is 5.82 Å². The lowest BCUT2D eigenvalue weighted by atomic mass is 10.1. The number of nitrogens with zero attached hydrogens (tertiary/aromatic N) is 3. The van der Waals surface area contributed by atoms with E-state index in [9.17, 15) is 4.79 Å². The Kier molecular flexibility index (Phi) is 5.76. The van der Waals surface area contributed by atoms with E-state index in [0.29, 0.717) is 34.6 Å². The normalized spacial score (nSPS) is 10.8. The van der Waals surface area contributed by atoms with Crippen LogP contribution in [0.5, 0.6) is 5.75 Å². The maximum absolute atomic E-state index is 12.7. The third-order valence-corrected chi connectivity index (χ3v) is 5.35. The molecule has 0 fully saturated rings. The molecule has 0 aliphatic heterocycles. The number of hydrogen-bond acceptors (Lipinski definition) is 6. The molecule has 0 spiro atoms. The molecule has 0 saturated heterocycles. The highest BCUT2D eigenvalue weighted by molar-refractivity contribution is 7.99. The molecule has 2 aromatic heterocycles. The van der Waals surface area contributed by atoms with Gasteiger partial charge in [0, 0.05) is 0 Å². The average Bonchev–Trinajstić information content (AvgIpc) is 3.43. The highest BCUT2D eigenvalue weighted by atomic mass is 32.2. The molecule has 146 valence electrons. The van der Waals surface area contributed by atoms with Crippen LogP contribution >= 0.6 is 11.8 Å². The van der Waals surface area contributed by atoms with Gasteiger partial charge >= 0.3 is 0 Å². The summed E-state index contributed by atoms with van der Waals surface area (Å²) in [5.41, 5.74) is 1.67. The molecule has 6 nitrogen and oxygen atoms in total. The Hall–Kier alpha value is -3.32. The van der Waals surface area contributed by atoms with Crippen molar-refractivity contribution in [3.05, 3.63) is 84.1 Å². The Morgan fingerprint density at radius 3 is 2.59 bits per heavy atom. The topological polar surface area (TPSA) is 70.2 Å².